The lowest BCUT2D eigenvalue weighted by Gasteiger charge is -2.33. The molecule has 34 heavy (non-hydrogen) atoms. The number of hydrogen-bond donors (Lipinski definition) is 0. The maximum absolute atomic E-state index is 13.5. The molecule has 3 heterocycles. The summed E-state index contributed by atoms with van der Waals surface area (Å²) in [6.07, 6.45) is 5.21. The second-order valence-corrected chi connectivity index (χ2v) is 10.6. The highest BCUT2D eigenvalue weighted by Crippen LogP contribution is 2.22. The number of aromatic nitrogens is 1. The summed E-state index contributed by atoms with van der Waals surface area (Å²) in [6.45, 7) is 4.12. The molecule has 4 rings (SSSR count). The van der Waals surface area contributed by atoms with Gasteiger partial charge in [-0.05, 0) is 42.7 Å². The number of amides is 2. The first-order valence-electron chi connectivity index (χ1n) is 11.5. The van der Waals surface area contributed by atoms with Gasteiger partial charge >= 0.3 is 0 Å². The smallest absolute Gasteiger partial charge is 0.254 e. The summed E-state index contributed by atoms with van der Waals surface area (Å²) in [6, 6.07) is 9.92. The number of sulfonamides is 1. The lowest BCUT2D eigenvalue weighted by molar-refractivity contribution is -0.129. The van der Waals surface area contributed by atoms with Crippen LogP contribution in [-0.2, 0) is 26.1 Å². The Morgan fingerprint density at radius 2 is 1.94 bits per heavy atom. The number of rotatable bonds is 7. The van der Waals surface area contributed by atoms with E-state index in [4.69, 9.17) is 4.74 Å². The summed E-state index contributed by atoms with van der Waals surface area (Å²) in [7, 11) is -3.78. The van der Waals surface area contributed by atoms with Gasteiger partial charge in [0.1, 0.15) is 0 Å². The molecule has 0 N–H and O–H groups in total. The molecule has 0 aliphatic carbocycles. The number of carbonyl (C=O) groups is 2. The van der Waals surface area contributed by atoms with Crippen molar-refractivity contribution < 1.29 is 22.7 Å². The van der Waals surface area contributed by atoms with Gasteiger partial charge in [-0.2, -0.15) is 4.31 Å². The first-order valence-corrected chi connectivity index (χ1v) is 12.9. The lowest BCUT2D eigenvalue weighted by Crippen LogP contribution is -2.49. The maximum Gasteiger partial charge on any atom is 0.254 e. The molecule has 9 nitrogen and oxygen atoms in total. The third kappa shape index (κ3) is 5.63. The first-order chi connectivity index (χ1) is 16.3. The van der Waals surface area contributed by atoms with E-state index in [-0.39, 0.29) is 35.9 Å². The quantitative estimate of drug-likeness (QED) is 0.591. The number of nitrogens with zero attached hydrogens (tertiary/aromatic N) is 4. The molecule has 2 saturated heterocycles. The Hall–Kier alpha value is -2.82. The van der Waals surface area contributed by atoms with E-state index < -0.39 is 10.0 Å². The van der Waals surface area contributed by atoms with Crippen LogP contribution in [0.25, 0.3) is 0 Å². The molecule has 0 radical (unpaired) electrons. The Bertz CT molecular complexity index is 1110. The molecule has 0 saturated carbocycles. The fraction of sp³-hybridized carbons (Fsp3) is 0.458. The van der Waals surface area contributed by atoms with Crippen LogP contribution in [0.3, 0.4) is 0 Å². The van der Waals surface area contributed by atoms with Crippen molar-refractivity contribution in [3.05, 3.63) is 59.9 Å². The fourth-order valence-electron chi connectivity index (χ4n) is 4.33. The molecule has 1 aromatic heterocycles. The van der Waals surface area contributed by atoms with Gasteiger partial charge in [0.25, 0.3) is 5.91 Å². The molecular formula is C24H30N4O5S. The highest BCUT2D eigenvalue weighted by Gasteiger charge is 2.30. The minimum Gasteiger partial charge on any atom is -0.376 e. The van der Waals surface area contributed by atoms with Crippen LogP contribution >= 0.6 is 0 Å². The third-order valence-corrected chi connectivity index (χ3v) is 8.13. The van der Waals surface area contributed by atoms with E-state index in [0.29, 0.717) is 38.3 Å². The van der Waals surface area contributed by atoms with Crippen LogP contribution in [0.1, 0.15) is 35.7 Å². The summed E-state index contributed by atoms with van der Waals surface area (Å²) in [5.74, 6) is -0.317. The molecule has 2 aromatic rings. The summed E-state index contributed by atoms with van der Waals surface area (Å²) in [4.78, 5) is 32.6. The van der Waals surface area contributed by atoms with Crippen LogP contribution < -0.4 is 0 Å². The number of hydrogen-bond acceptors (Lipinski definition) is 6. The predicted octanol–water partition coefficient (Wildman–Crippen LogP) is 1.76. The normalized spacial score (nSPS) is 19.2. The van der Waals surface area contributed by atoms with Gasteiger partial charge < -0.3 is 14.5 Å². The monoisotopic (exact) mass is 486 g/mol. The standard InChI is InChI=1S/C24H30N4O5S/c1-19(29)26-10-12-28(13-11-26)34(31,32)23-8-2-6-21(15-23)24(30)27(18-22-7-4-14-33-22)17-20-5-3-9-25-16-20/h2-3,5-6,8-9,15-16,22H,4,7,10-14,17-18H2,1H3. The van der Waals surface area contributed by atoms with Crippen LogP contribution in [0.4, 0.5) is 0 Å². The van der Waals surface area contributed by atoms with Crippen molar-refractivity contribution in [2.75, 3.05) is 39.3 Å². The summed E-state index contributed by atoms with van der Waals surface area (Å²) in [5, 5.41) is 0. The largest absolute Gasteiger partial charge is 0.376 e. The van der Waals surface area contributed by atoms with E-state index in [1.54, 1.807) is 34.3 Å². The van der Waals surface area contributed by atoms with Gasteiger partial charge in [0, 0.05) is 70.8 Å². The van der Waals surface area contributed by atoms with Crippen LogP contribution in [0.2, 0.25) is 0 Å². The van der Waals surface area contributed by atoms with Crippen molar-refractivity contribution in [1.29, 1.82) is 0 Å². The van der Waals surface area contributed by atoms with Crippen molar-refractivity contribution in [2.45, 2.75) is 37.3 Å². The molecule has 182 valence electrons. The topological polar surface area (TPSA) is 100 Å². The van der Waals surface area contributed by atoms with E-state index in [1.165, 1.54) is 23.4 Å². The van der Waals surface area contributed by atoms with E-state index in [0.717, 1.165) is 18.4 Å². The number of piperazine rings is 1. The van der Waals surface area contributed by atoms with Crippen LogP contribution in [0, 0.1) is 0 Å². The molecule has 2 fully saturated rings. The molecule has 1 atom stereocenters. The molecular weight excluding hydrogens is 456 g/mol. The van der Waals surface area contributed by atoms with Gasteiger partial charge in [-0.25, -0.2) is 8.42 Å². The minimum absolute atomic E-state index is 0.0369. The maximum atomic E-state index is 13.5. The Balaban J connectivity index is 1.54. The first kappa shape index (κ1) is 24.3. The lowest BCUT2D eigenvalue weighted by atomic mass is 10.1. The molecule has 2 aliphatic heterocycles. The summed E-state index contributed by atoms with van der Waals surface area (Å²) in [5.41, 5.74) is 1.20. The zero-order valence-corrected chi connectivity index (χ0v) is 20.1. The summed E-state index contributed by atoms with van der Waals surface area (Å²) >= 11 is 0. The molecule has 2 amide bonds. The highest BCUT2D eigenvalue weighted by atomic mass is 32.2. The Morgan fingerprint density at radius 1 is 1.15 bits per heavy atom. The van der Waals surface area contributed by atoms with Gasteiger partial charge in [0.2, 0.25) is 15.9 Å². The van der Waals surface area contributed by atoms with Crippen molar-refractivity contribution in [2.24, 2.45) is 0 Å². The van der Waals surface area contributed by atoms with Crippen molar-refractivity contribution >= 4 is 21.8 Å². The average Bonchev–Trinajstić information content (AvgIpc) is 3.37. The number of pyridine rings is 1. The van der Waals surface area contributed by atoms with E-state index >= 15 is 0 Å². The number of carbonyl (C=O) groups excluding carboxylic acids is 2. The fourth-order valence-corrected chi connectivity index (χ4v) is 5.80. The predicted molar refractivity (Wildman–Crippen MR) is 125 cm³/mol. The van der Waals surface area contributed by atoms with Gasteiger partial charge in [-0.3, -0.25) is 14.6 Å². The number of ether oxygens (including phenoxy) is 1. The van der Waals surface area contributed by atoms with Crippen LogP contribution in [-0.4, -0.2) is 84.8 Å². The molecule has 0 spiro atoms. The number of benzene rings is 1. The molecule has 0 bridgehead atoms. The highest BCUT2D eigenvalue weighted by molar-refractivity contribution is 7.89. The van der Waals surface area contributed by atoms with E-state index in [1.807, 2.05) is 12.1 Å². The van der Waals surface area contributed by atoms with Crippen LogP contribution in [0.5, 0.6) is 0 Å². The van der Waals surface area contributed by atoms with Gasteiger partial charge in [0.05, 0.1) is 11.0 Å². The molecule has 10 heteroatoms. The molecule has 1 unspecified atom stereocenters. The van der Waals surface area contributed by atoms with E-state index in [2.05, 4.69) is 4.98 Å². The third-order valence-electron chi connectivity index (χ3n) is 6.23. The molecule has 1 aromatic carbocycles. The second-order valence-electron chi connectivity index (χ2n) is 8.62. The summed E-state index contributed by atoms with van der Waals surface area (Å²) < 4.78 is 33.6. The average molecular weight is 487 g/mol. The van der Waals surface area contributed by atoms with Gasteiger partial charge in [-0.15, -0.1) is 0 Å². The van der Waals surface area contributed by atoms with Crippen molar-refractivity contribution in [3.8, 4) is 0 Å². The second kappa shape index (κ2) is 10.6. The Kier molecular flexibility index (Phi) is 7.60. The Morgan fingerprint density at radius 3 is 2.59 bits per heavy atom. The van der Waals surface area contributed by atoms with E-state index in [9.17, 15) is 18.0 Å². The Labute approximate surface area is 200 Å². The van der Waals surface area contributed by atoms with Crippen molar-refractivity contribution in [3.63, 3.8) is 0 Å². The van der Waals surface area contributed by atoms with Gasteiger partial charge in [0.15, 0.2) is 0 Å². The van der Waals surface area contributed by atoms with Crippen molar-refractivity contribution in [1.82, 2.24) is 19.1 Å². The SMILES string of the molecule is CC(=O)N1CCN(S(=O)(=O)c2cccc(C(=O)N(Cc3cccnc3)CC3CCCO3)c2)CC1. The van der Waals surface area contributed by atoms with Crippen LogP contribution in [0.15, 0.2) is 53.7 Å². The minimum atomic E-state index is -3.78. The molecule has 2 aliphatic rings. The van der Waals surface area contributed by atoms with Gasteiger partial charge in [-0.1, -0.05) is 12.1 Å². The zero-order valence-electron chi connectivity index (χ0n) is 19.3. The zero-order chi connectivity index (χ0) is 24.1.